The molecule has 0 radical (unpaired) electrons. The summed E-state index contributed by atoms with van der Waals surface area (Å²) in [4.78, 5) is 4.64. The number of hydrogen-bond acceptors (Lipinski definition) is 4. The molecule has 0 aliphatic carbocycles. The smallest absolute Gasteiger partial charge is 0.131 e. The molecule has 3 rings (SSSR count). The number of aromatic nitrogens is 3. The van der Waals surface area contributed by atoms with Gasteiger partial charge in [-0.2, -0.15) is 5.10 Å². The number of nitrogens with one attached hydrogen (secondary N) is 1. The van der Waals surface area contributed by atoms with Crippen molar-refractivity contribution in [1.82, 2.24) is 14.8 Å². The third kappa shape index (κ3) is 2.78. The molecular weight excluding hydrogens is 288 g/mol. The van der Waals surface area contributed by atoms with Crippen LogP contribution in [0.4, 0.5) is 5.82 Å². The van der Waals surface area contributed by atoms with Crippen LogP contribution < -0.4 is 10.1 Å². The Morgan fingerprint density at radius 2 is 2.19 bits per heavy atom. The van der Waals surface area contributed by atoms with Gasteiger partial charge in [-0.1, -0.05) is 11.6 Å². The Labute approximate surface area is 127 Å². The van der Waals surface area contributed by atoms with Crippen molar-refractivity contribution in [3.63, 3.8) is 0 Å². The van der Waals surface area contributed by atoms with Crippen molar-refractivity contribution in [1.29, 1.82) is 0 Å². The molecule has 1 N–H and O–H groups in total. The van der Waals surface area contributed by atoms with E-state index >= 15 is 0 Å². The van der Waals surface area contributed by atoms with Crippen LogP contribution in [0.15, 0.2) is 36.7 Å². The molecule has 1 aromatic carbocycles. The molecule has 0 unspecified atom stereocenters. The van der Waals surface area contributed by atoms with Crippen LogP contribution in [-0.4, -0.2) is 28.9 Å². The lowest BCUT2D eigenvalue weighted by molar-refractivity contribution is 0.415. The first-order valence-electron chi connectivity index (χ1n) is 6.53. The van der Waals surface area contributed by atoms with Crippen LogP contribution in [0.2, 0.25) is 5.02 Å². The number of ether oxygens (including phenoxy) is 1. The van der Waals surface area contributed by atoms with Gasteiger partial charge in [0.25, 0.3) is 0 Å². The number of methoxy groups -OCH3 is 1. The minimum absolute atomic E-state index is 0.609. The second kappa shape index (κ2) is 5.61. The summed E-state index contributed by atoms with van der Waals surface area (Å²) in [5, 5.41) is 9.01. The number of benzene rings is 1. The lowest BCUT2D eigenvalue weighted by Crippen LogP contribution is -2.05. The topological polar surface area (TPSA) is 52.0 Å². The molecule has 0 bridgehead atoms. The Morgan fingerprint density at radius 3 is 2.86 bits per heavy atom. The van der Waals surface area contributed by atoms with Gasteiger partial charge in [0.2, 0.25) is 0 Å². The first-order valence-corrected chi connectivity index (χ1v) is 6.91. The third-order valence-corrected chi connectivity index (χ3v) is 3.47. The van der Waals surface area contributed by atoms with Crippen LogP contribution in [0.1, 0.15) is 5.56 Å². The SMILES string of the molecule is CNc1nc2cc(OC)ccc2cc1Cn1cc(Cl)cn1. The maximum absolute atomic E-state index is 5.90. The summed E-state index contributed by atoms with van der Waals surface area (Å²) in [7, 11) is 3.50. The average Bonchev–Trinajstić information content (AvgIpc) is 2.91. The molecule has 0 saturated carbocycles. The van der Waals surface area contributed by atoms with Crippen molar-refractivity contribution in [2.24, 2.45) is 0 Å². The standard InChI is InChI=1S/C15H15ClN4O/c1-17-15-11(8-20-9-12(16)7-18-20)5-10-3-4-13(21-2)6-14(10)19-15/h3-7,9H,8H2,1-2H3,(H,17,19). The van der Waals surface area contributed by atoms with E-state index in [0.29, 0.717) is 11.6 Å². The number of rotatable bonds is 4. The molecule has 0 saturated heterocycles. The largest absolute Gasteiger partial charge is 0.497 e. The van der Waals surface area contributed by atoms with Gasteiger partial charge in [0, 0.05) is 30.3 Å². The summed E-state index contributed by atoms with van der Waals surface area (Å²) in [5.41, 5.74) is 1.94. The maximum atomic E-state index is 5.90. The van der Waals surface area contributed by atoms with Crippen LogP contribution in [0.25, 0.3) is 10.9 Å². The Hall–Kier alpha value is -2.27. The Morgan fingerprint density at radius 1 is 1.33 bits per heavy atom. The van der Waals surface area contributed by atoms with Gasteiger partial charge in [-0.05, 0) is 18.2 Å². The fourth-order valence-electron chi connectivity index (χ4n) is 2.25. The van der Waals surface area contributed by atoms with Crippen LogP contribution in [-0.2, 0) is 6.54 Å². The number of fused-ring (bicyclic) bond motifs is 1. The third-order valence-electron chi connectivity index (χ3n) is 3.27. The molecular formula is C15H15ClN4O. The lowest BCUT2D eigenvalue weighted by Gasteiger charge is -2.11. The summed E-state index contributed by atoms with van der Waals surface area (Å²) in [6.45, 7) is 0.609. The van der Waals surface area contributed by atoms with E-state index in [2.05, 4.69) is 21.5 Å². The van der Waals surface area contributed by atoms with E-state index in [4.69, 9.17) is 16.3 Å². The van der Waals surface area contributed by atoms with Crippen molar-refractivity contribution < 1.29 is 4.74 Å². The lowest BCUT2D eigenvalue weighted by atomic mass is 10.1. The minimum atomic E-state index is 0.609. The number of pyridine rings is 1. The zero-order valence-corrected chi connectivity index (χ0v) is 12.6. The molecule has 6 heteroatoms. The summed E-state index contributed by atoms with van der Waals surface area (Å²) in [5.74, 6) is 1.62. The van der Waals surface area contributed by atoms with Crippen molar-refractivity contribution >= 4 is 28.3 Å². The fourth-order valence-corrected chi connectivity index (χ4v) is 2.41. The normalized spacial score (nSPS) is 10.8. The van der Waals surface area contributed by atoms with E-state index in [9.17, 15) is 0 Å². The van der Waals surface area contributed by atoms with Crippen LogP contribution in [0.3, 0.4) is 0 Å². The zero-order valence-electron chi connectivity index (χ0n) is 11.8. The van der Waals surface area contributed by atoms with Crippen molar-refractivity contribution in [3.05, 3.63) is 47.2 Å². The Kier molecular flexibility index (Phi) is 3.66. The van der Waals surface area contributed by atoms with Gasteiger partial charge < -0.3 is 10.1 Å². The van der Waals surface area contributed by atoms with Crippen LogP contribution in [0.5, 0.6) is 5.75 Å². The molecule has 0 atom stereocenters. The van der Waals surface area contributed by atoms with E-state index in [-0.39, 0.29) is 0 Å². The summed E-state index contributed by atoms with van der Waals surface area (Å²) >= 11 is 5.90. The van der Waals surface area contributed by atoms with E-state index < -0.39 is 0 Å². The zero-order chi connectivity index (χ0) is 14.8. The molecule has 0 fully saturated rings. The second-order valence-corrected chi connectivity index (χ2v) is 5.10. The molecule has 0 aliphatic heterocycles. The Balaban J connectivity index is 2.04. The van der Waals surface area contributed by atoms with Crippen LogP contribution >= 0.6 is 11.6 Å². The molecule has 2 aromatic heterocycles. The number of nitrogens with zero attached hydrogens (tertiary/aromatic N) is 3. The highest BCUT2D eigenvalue weighted by atomic mass is 35.5. The van der Waals surface area contributed by atoms with Gasteiger partial charge in [-0.3, -0.25) is 4.68 Å². The molecule has 21 heavy (non-hydrogen) atoms. The molecule has 3 aromatic rings. The summed E-state index contributed by atoms with van der Waals surface area (Å²) < 4.78 is 7.02. The molecule has 0 aliphatic rings. The highest BCUT2D eigenvalue weighted by Crippen LogP contribution is 2.24. The summed E-state index contributed by atoms with van der Waals surface area (Å²) in [6, 6.07) is 7.95. The van der Waals surface area contributed by atoms with Gasteiger partial charge in [-0.25, -0.2) is 4.98 Å². The number of hydrogen-bond donors (Lipinski definition) is 1. The highest BCUT2D eigenvalue weighted by Gasteiger charge is 2.08. The first kappa shape index (κ1) is 13.7. The monoisotopic (exact) mass is 302 g/mol. The van der Waals surface area contributed by atoms with Crippen molar-refractivity contribution in [2.45, 2.75) is 6.54 Å². The van der Waals surface area contributed by atoms with Gasteiger partial charge >= 0.3 is 0 Å². The number of halogens is 1. The van der Waals surface area contributed by atoms with E-state index in [1.807, 2.05) is 25.2 Å². The van der Waals surface area contributed by atoms with E-state index in [1.165, 1.54) is 0 Å². The Bertz CT molecular complexity index is 784. The van der Waals surface area contributed by atoms with Crippen LogP contribution in [0, 0.1) is 0 Å². The molecule has 0 spiro atoms. The summed E-state index contributed by atoms with van der Waals surface area (Å²) in [6.07, 6.45) is 3.42. The van der Waals surface area contributed by atoms with Gasteiger partial charge in [-0.15, -0.1) is 0 Å². The predicted octanol–water partition coefficient (Wildman–Crippen LogP) is 3.18. The maximum Gasteiger partial charge on any atom is 0.131 e. The molecule has 108 valence electrons. The molecule has 0 amide bonds. The van der Waals surface area contributed by atoms with Gasteiger partial charge in [0.15, 0.2) is 0 Å². The van der Waals surface area contributed by atoms with E-state index in [0.717, 1.165) is 28.0 Å². The average molecular weight is 303 g/mol. The quantitative estimate of drug-likeness (QED) is 0.804. The fraction of sp³-hybridized carbons (Fsp3) is 0.200. The van der Waals surface area contributed by atoms with Crippen molar-refractivity contribution in [3.8, 4) is 5.75 Å². The highest BCUT2D eigenvalue weighted by molar-refractivity contribution is 6.30. The second-order valence-electron chi connectivity index (χ2n) is 4.66. The van der Waals surface area contributed by atoms with Crippen molar-refractivity contribution in [2.75, 3.05) is 19.5 Å². The van der Waals surface area contributed by atoms with E-state index in [1.54, 1.807) is 24.2 Å². The molecule has 2 heterocycles. The predicted molar refractivity (Wildman–Crippen MR) is 84.2 cm³/mol. The van der Waals surface area contributed by atoms with Gasteiger partial charge in [0.1, 0.15) is 11.6 Å². The molecule has 5 nitrogen and oxygen atoms in total. The van der Waals surface area contributed by atoms with Gasteiger partial charge in [0.05, 0.1) is 30.4 Å². The number of anilines is 1. The minimum Gasteiger partial charge on any atom is -0.497 e. The first-order chi connectivity index (χ1) is 10.2.